The Bertz CT molecular complexity index is 1360. The van der Waals surface area contributed by atoms with Crippen LogP contribution in [-0.2, 0) is 6.42 Å². The van der Waals surface area contributed by atoms with Gasteiger partial charge in [-0.3, -0.25) is 9.69 Å². The smallest absolute Gasteiger partial charge is 0.263 e. The van der Waals surface area contributed by atoms with E-state index in [1.165, 1.54) is 55.2 Å². The lowest BCUT2D eigenvalue weighted by Crippen LogP contribution is -2.44. The summed E-state index contributed by atoms with van der Waals surface area (Å²) in [6.45, 7) is 4.05. The Hall–Kier alpha value is -2.71. The van der Waals surface area contributed by atoms with Gasteiger partial charge in [-0.1, -0.05) is 19.1 Å². The molecule has 6 unspecified atom stereocenters. The number of hydrogen-bond donors (Lipinski definition) is 2. The summed E-state index contributed by atoms with van der Waals surface area (Å²) >= 11 is 1.19. The zero-order chi connectivity index (χ0) is 24.6. The van der Waals surface area contributed by atoms with E-state index in [0.717, 1.165) is 41.4 Å². The lowest BCUT2D eigenvalue weighted by molar-refractivity contribution is 0.0920. The van der Waals surface area contributed by atoms with E-state index in [4.69, 9.17) is 10.5 Å². The molecule has 6 nitrogen and oxygen atoms in total. The van der Waals surface area contributed by atoms with E-state index in [2.05, 4.69) is 40.3 Å². The number of nitrogen functional groups attached to an aromatic ring is 1. The molecule has 1 amide bonds. The molecule has 8 heteroatoms. The molecule has 0 spiro atoms. The third-order valence-corrected chi connectivity index (χ3v) is 10.3. The van der Waals surface area contributed by atoms with Gasteiger partial charge in [-0.05, 0) is 73.1 Å². The fourth-order valence-electron chi connectivity index (χ4n) is 7.35. The Labute approximate surface area is 214 Å². The molecule has 0 radical (unpaired) electrons. The number of nitrogens with two attached hydrogens (primary N) is 1. The molecule has 0 aliphatic carbocycles. The Balaban J connectivity index is 1.07. The second kappa shape index (κ2) is 8.42. The average molecular weight is 507 g/mol. The number of nitrogens with one attached hydrogen (secondary N) is 1. The molecule has 0 saturated carbocycles. The first-order valence-corrected chi connectivity index (χ1v) is 13.9. The zero-order valence-corrected chi connectivity index (χ0v) is 21.2. The number of amides is 1. The van der Waals surface area contributed by atoms with Gasteiger partial charge in [-0.25, -0.2) is 9.37 Å². The second-order valence-electron chi connectivity index (χ2n) is 11.2. The molecule has 2 aromatic heterocycles. The summed E-state index contributed by atoms with van der Waals surface area (Å²) in [5.74, 6) is 2.30. The minimum absolute atomic E-state index is 0.152. The highest BCUT2D eigenvalue weighted by molar-refractivity contribution is 7.21. The van der Waals surface area contributed by atoms with E-state index >= 15 is 0 Å². The van der Waals surface area contributed by atoms with Crippen LogP contribution in [-0.4, -0.2) is 47.1 Å². The molecular weight excluding hydrogens is 475 g/mol. The van der Waals surface area contributed by atoms with Crippen molar-refractivity contribution < 1.29 is 13.9 Å². The average Bonchev–Trinajstić information content (AvgIpc) is 3.34. The molecule has 3 N–H and O–H groups in total. The molecule has 7 atom stereocenters. The quantitative estimate of drug-likeness (QED) is 0.537. The van der Waals surface area contributed by atoms with E-state index in [0.29, 0.717) is 34.0 Å². The van der Waals surface area contributed by atoms with Crippen LogP contribution in [0.1, 0.15) is 59.3 Å². The maximum Gasteiger partial charge on any atom is 0.263 e. The first kappa shape index (κ1) is 22.5. The number of nitrogens with zero attached hydrogens (tertiary/aromatic N) is 2. The number of benzene rings is 1. The summed E-state index contributed by atoms with van der Waals surface area (Å²) in [6, 6.07) is 9.49. The molecule has 4 bridgehead atoms. The number of carbonyl (C=O) groups is 1. The highest BCUT2D eigenvalue weighted by Gasteiger charge is 2.48. The molecule has 36 heavy (non-hydrogen) atoms. The van der Waals surface area contributed by atoms with Crippen molar-refractivity contribution in [2.45, 2.75) is 63.1 Å². The third-order valence-electron chi connectivity index (χ3n) is 9.13. The monoisotopic (exact) mass is 506 g/mol. The number of hydrogen-bond acceptors (Lipinski definition) is 6. The SMILES string of the molecule is CC1CC2CCC3CC1C(c1ccc4c(c1)OC[C@@H](NC(=O)c1sc5ncc(F)cc5c1N)C4)CN23. The maximum atomic E-state index is 13.6. The fraction of sp³-hybridized carbons (Fsp3) is 0.500. The summed E-state index contributed by atoms with van der Waals surface area (Å²) in [5.41, 5.74) is 8.95. The number of carbonyl (C=O) groups excluding carboxylic acids is 1. The normalized spacial score (nSPS) is 32.7. The Morgan fingerprint density at radius 1 is 1.25 bits per heavy atom. The number of thiophene rings is 1. The van der Waals surface area contributed by atoms with Crippen LogP contribution in [0.25, 0.3) is 10.2 Å². The topological polar surface area (TPSA) is 80.5 Å². The first-order valence-electron chi connectivity index (χ1n) is 13.1. The van der Waals surface area contributed by atoms with Crippen LogP contribution in [0.5, 0.6) is 5.75 Å². The number of anilines is 1. The van der Waals surface area contributed by atoms with Gasteiger partial charge < -0.3 is 15.8 Å². The molecule has 4 saturated heterocycles. The molecular formula is C28H31FN4O2S. The van der Waals surface area contributed by atoms with Crippen molar-refractivity contribution in [3.05, 3.63) is 52.3 Å². The first-order chi connectivity index (χ1) is 17.4. The van der Waals surface area contributed by atoms with E-state index in [1.54, 1.807) is 0 Å². The summed E-state index contributed by atoms with van der Waals surface area (Å²) in [5, 5.41) is 3.54. The highest BCUT2D eigenvalue weighted by atomic mass is 32.1. The maximum absolute atomic E-state index is 13.6. The summed E-state index contributed by atoms with van der Waals surface area (Å²) < 4.78 is 19.8. The number of ether oxygens (including phenoxy) is 1. The number of aromatic nitrogens is 1. The third kappa shape index (κ3) is 3.60. The van der Waals surface area contributed by atoms with E-state index < -0.39 is 5.82 Å². The molecule has 188 valence electrons. The van der Waals surface area contributed by atoms with E-state index in [9.17, 15) is 9.18 Å². The molecule has 3 aromatic rings. The fourth-order valence-corrected chi connectivity index (χ4v) is 8.30. The molecule has 7 heterocycles. The molecule has 5 aliphatic rings. The van der Waals surface area contributed by atoms with Crippen molar-refractivity contribution in [3.8, 4) is 5.75 Å². The summed E-state index contributed by atoms with van der Waals surface area (Å²) in [6.07, 6.45) is 7.27. The van der Waals surface area contributed by atoms with Crippen molar-refractivity contribution in [3.63, 3.8) is 0 Å². The molecule has 5 aliphatic heterocycles. The van der Waals surface area contributed by atoms with E-state index in [1.807, 2.05) is 0 Å². The van der Waals surface area contributed by atoms with Gasteiger partial charge in [-0.15, -0.1) is 11.3 Å². The minimum Gasteiger partial charge on any atom is -0.491 e. The number of rotatable bonds is 3. The van der Waals surface area contributed by atoms with Crippen LogP contribution in [0, 0.1) is 17.7 Å². The van der Waals surface area contributed by atoms with E-state index in [-0.39, 0.29) is 17.6 Å². The Morgan fingerprint density at radius 2 is 2.08 bits per heavy atom. The van der Waals surface area contributed by atoms with Crippen molar-refractivity contribution in [2.24, 2.45) is 11.8 Å². The lowest BCUT2D eigenvalue weighted by atomic mass is 9.72. The molecule has 1 aromatic carbocycles. The molecule has 8 rings (SSSR count). The van der Waals surface area contributed by atoms with Gasteiger partial charge in [0.05, 0.1) is 17.9 Å². The van der Waals surface area contributed by atoms with Gasteiger partial charge in [0.15, 0.2) is 0 Å². The van der Waals surface area contributed by atoms with Crippen LogP contribution in [0.2, 0.25) is 0 Å². The second-order valence-corrected chi connectivity index (χ2v) is 12.2. The number of fused-ring (bicyclic) bond motifs is 4. The predicted octanol–water partition coefficient (Wildman–Crippen LogP) is 4.73. The van der Waals surface area contributed by atoms with Gasteiger partial charge in [0.1, 0.15) is 27.9 Å². The Kier molecular flexibility index (Phi) is 5.26. The van der Waals surface area contributed by atoms with Gasteiger partial charge >= 0.3 is 0 Å². The van der Waals surface area contributed by atoms with Gasteiger partial charge in [0.2, 0.25) is 0 Å². The van der Waals surface area contributed by atoms with Crippen LogP contribution >= 0.6 is 11.3 Å². The van der Waals surface area contributed by atoms with Crippen molar-refractivity contribution >= 4 is 33.1 Å². The molecule has 4 fully saturated rings. The number of pyridine rings is 1. The van der Waals surface area contributed by atoms with Gasteiger partial charge in [0, 0.05) is 24.0 Å². The zero-order valence-electron chi connectivity index (χ0n) is 20.4. The van der Waals surface area contributed by atoms with Gasteiger partial charge in [-0.2, -0.15) is 0 Å². The standard InChI is InChI=1S/C28H31FN4O2S/c1-14-6-19-4-5-20-10-21(14)23(12-33(19)20)15-2-3-16-7-18(13-35-24(16)8-15)32-27(34)26-25(30)22-9-17(29)11-31-28(22)36-26/h2-3,8-9,11,14,18-21,23H,4-7,10,12-13,30H2,1H3,(H,32,34)/t14?,18-,19?,20?,21?,23?/m0/s1. The number of halogens is 1. The van der Waals surface area contributed by atoms with Crippen LogP contribution in [0.3, 0.4) is 0 Å². The number of piperidine rings is 1. The summed E-state index contributed by atoms with van der Waals surface area (Å²) in [7, 11) is 0. The lowest BCUT2D eigenvalue weighted by Gasteiger charge is -2.41. The van der Waals surface area contributed by atoms with Gasteiger partial charge in [0.25, 0.3) is 5.91 Å². The van der Waals surface area contributed by atoms with Crippen molar-refractivity contribution in [1.82, 2.24) is 15.2 Å². The van der Waals surface area contributed by atoms with Crippen molar-refractivity contribution in [1.29, 1.82) is 0 Å². The van der Waals surface area contributed by atoms with Crippen LogP contribution in [0.4, 0.5) is 10.1 Å². The predicted molar refractivity (Wildman–Crippen MR) is 139 cm³/mol. The van der Waals surface area contributed by atoms with Crippen LogP contribution in [0.15, 0.2) is 30.5 Å². The Morgan fingerprint density at radius 3 is 2.94 bits per heavy atom. The largest absolute Gasteiger partial charge is 0.491 e. The summed E-state index contributed by atoms with van der Waals surface area (Å²) in [4.78, 5) is 20.8. The minimum atomic E-state index is -0.466. The highest BCUT2D eigenvalue weighted by Crippen LogP contribution is 2.50. The van der Waals surface area contributed by atoms with Crippen LogP contribution < -0.4 is 15.8 Å². The van der Waals surface area contributed by atoms with Crippen molar-refractivity contribution in [2.75, 3.05) is 18.9 Å².